The maximum atomic E-state index is 7.32. The van der Waals surface area contributed by atoms with Gasteiger partial charge in [-0.3, -0.25) is 0 Å². The van der Waals surface area contributed by atoms with Gasteiger partial charge in [0.2, 0.25) is 0 Å². The highest BCUT2D eigenvalue weighted by molar-refractivity contribution is 6.91. The van der Waals surface area contributed by atoms with Crippen LogP contribution in [0, 0.1) is 6.92 Å². The molecule has 0 aromatic heterocycles. The Morgan fingerprint density at radius 3 is 1.63 bits per heavy atom. The van der Waals surface area contributed by atoms with Gasteiger partial charge in [0.05, 0.1) is 6.04 Å². The fourth-order valence-corrected chi connectivity index (χ4v) is 10.9. The Bertz CT molecular complexity index is 3120. The van der Waals surface area contributed by atoms with Crippen LogP contribution in [0.3, 0.4) is 0 Å². The van der Waals surface area contributed by atoms with Gasteiger partial charge >= 0.3 is 0 Å². The predicted molar refractivity (Wildman–Crippen MR) is 289 cm³/mol. The number of ether oxygens (including phenoxy) is 1. The number of benzene rings is 8. The summed E-state index contributed by atoms with van der Waals surface area (Å²) in [4.78, 5) is 7.54. The molecule has 0 aliphatic carbocycles. The van der Waals surface area contributed by atoms with Crippen molar-refractivity contribution in [1.29, 1.82) is 0 Å². The zero-order valence-corrected chi connectivity index (χ0v) is 41.3. The van der Waals surface area contributed by atoms with E-state index in [2.05, 4.69) is 266 Å². The van der Waals surface area contributed by atoms with Gasteiger partial charge in [0.25, 0.3) is 6.71 Å². The maximum Gasteiger partial charge on any atom is 0.267 e. The van der Waals surface area contributed by atoms with Crippen LogP contribution in [0.2, 0.25) is 0 Å². The molecule has 2 unspecified atom stereocenters. The minimum absolute atomic E-state index is 0.0423. The molecule has 338 valence electrons. The lowest BCUT2D eigenvalue weighted by atomic mass is 9.32. The molecule has 4 nitrogen and oxygen atoms in total. The van der Waals surface area contributed by atoms with Crippen LogP contribution in [0.15, 0.2) is 182 Å². The van der Waals surface area contributed by atoms with Gasteiger partial charge in [0.1, 0.15) is 11.8 Å². The van der Waals surface area contributed by atoms with Crippen molar-refractivity contribution in [3.05, 3.63) is 210 Å². The summed E-state index contributed by atoms with van der Waals surface area (Å²) < 4.78 is 7.32. The van der Waals surface area contributed by atoms with Gasteiger partial charge in [-0.25, -0.2) is 0 Å². The molecule has 0 amide bonds. The summed E-state index contributed by atoms with van der Waals surface area (Å²) >= 11 is 0. The second-order valence-electron chi connectivity index (χ2n) is 22.4. The molecule has 2 atom stereocenters. The molecule has 0 fully saturated rings. The molecule has 8 aromatic carbocycles. The van der Waals surface area contributed by atoms with Gasteiger partial charge in [-0.15, -0.1) is 0 Å². The summed E-state index contributed by atoms with van der Waals surface area (Å²) in [5.74, 6) is 0.958. The summed E-state index contributed by atoms with van der Waals surface area (Å²) in [5, 5.41) is 0. The zero-order chi connectivity index (χ0) is 47.3. The molecule has 0 N–H and O–H groups in total. The molecule has 3 aliphatic heterocycles. The van der Waals surface area contributed by atoms with Gasteiger partial charge < -0.3 is 19.4 Å². The maximum absolute atomic E-state index is 7.32. The topological polar surface area (TPSA) is 19.0 Å². The minimum atomic E-state index is -0.190. The summed E-state index contributed by atoms with van der Waals surface area (Å²) in [6.07, 6.45) is 0. The van der Waals surface area contributed by atoms with Crippen molar-refractivity contribution in [3.8, 4) is 16.9 Å². The van der Waals surface area contributed by atoms with E-state index in [4.69, 9.17) is 4.74 Å². The summed E-state index contributed by atoms with van der Waals surface area (Å²) in [6.45, 7) is 22.7. The first-order valence-corrected chi connectivity index (χ1v) is 24.4. The molecule has 0 saturated carbocycles. The molecule has 3 aliphatic rings. The van der Waals surface area contributed by atoms with Crippen LogP contribution in [0.4, 0.5) is 45.5 Å². The van der Waals surface area contributed by atoms with E-state index in [1.807, 2.05) is 0 Å². The lowest BCUT2D eigenvalue weighted by molar-refractivity contribution is 0.282. The molecular weight excluding hydrogens is 826 g/mol. The van der Waals surface area contributed by atoms with Crippen LogP contribution in [-0.2, 0) is 16.2 Å². The normalized spacial score (nSPS) is 16.1. The highest BCUT2D eigenvalue weighted by atomic mass is 16.5. The van der Waals surface area contributed by atoms with Gasteiger partial charge in [-0.1, -0.05) is 165 Å². The predicted octanol–water partition coefficient (Wildman–Crippen LogP) is 15.6. The van der Waals surface area contributed by atoms with Crippen LogP contribution in [0.1, 0.15) is 96.2 Å². The fourth-order valence-electron chi connectivity index (χ4n) is 10.9. The van der Waals surface area contributed by atoms with Crippen molar-refractivity contribution in [2.75, 3.05) is 14.7 Å². The Kier molecular flexibility index (Phi) is 10.3. The van der Waals surface area contributed by atoms with E-state index in [0.717, 1.165) is 39.9 Å². The first-order valence-electron chi connectivity index (χ1n) is 24.4. The standard InChI is InChI=1S/C63H62BN3O/c1-41-37-55-58-56(38-41)67(50-20-16-17-43(39-50)42-23-25-44(26-24-42)61(2,3)4)59-52-21-14-15-22-57(52)68-60(59)64(58)53-36-35-51(40-54(53)66(55)47-18-12-11-13-19-47)65(48-31-27-45(28-32-48)62(5,6)7)49-33-29-46(30-34-49)63(8,9)10/h11-40,59-60H,1-10H3. The Hall–Kier alpha value is -6.98. The van der Waals surface area contributed by atoms with Crippen LogP contribution in [0.25, 0.3) is 11.1 Å². The van der Waals surface area contributed by atoms with Crippen LogP contribution in [0.5, 0.6) is 5.75 Å². The Morgan fingerprint density at radius 1 is 0.471 bits per heavy atom. The highest BCUT2D eigenvalue weighted by Gasteiger charge is 2.55. The van der Waals surface area contributed by atoms with E-state index in [1.54, 1.807) is 0 Å². The number of aryl methyl sites for hydroxylation is 1. The summed E-state index contributed by atoms with van der Waals surface area (Å²) in [5.41, 5.74) is 20.7. The average Bonchev–Trinajstić information content (AvgIpc) is 3.70. The third-order valence-electron chi connectivity index (χ3n) is 14.6. The van der Waals surface area contributed by atoms with Crippen molar-refractivity contribution in [3.63, 3.8) is 0 Å². The molecule has 0 radical (unpaired) electrons. The van der Waals surface area contributed by atoms with E-state index in [1.165, 1.54) is 61.2 Å². The molecule has 0 bridgehead atoms. The Balaban J connectivity index is 1.12. The molecule has 8 aromatic rings. The van der Waals surface area contributed by atoms with Gasteiger partial charge in [0.15, 0.2) is 0 Å². The molecule has 11 rings (SSSR count). The summed E-state index contributed by atoms with van der Waals surface area (Å²) in [7, 11) is 0. The third kappa shape index (κ3) is 7.48. The molecule has 68 heavy (non-hydrogen) atoms. The van der Waals surface area contributed by atoms with Crippen molar-refractivity contribution >= 4 is 63.1 Å². The van der Waals surface area contributed by atoms with Gasteiger partial charge in [-0.2, -0.15) is 0 Å². The van der Waals surface area contributed by atoms with E-state index >= 15 is 0 Å². The monoisotopic (exact) mass is 887 g/mol. The second-order valence-corrected chi connectivity index (χ2v) is 22.4. The highest BCUT2D eigenvalue weighted by Crippen LogP contribution is 2.53. The Morgan fingerprint density at radius 2 is 1.01 bits per heavy atom. The van der Waals surface area contributed by atoms with E-state index < -0.39 is 0 Å². The fraction of sp³-hybridized carbons (Fsp3) is 0.238. The SMILES string of the molecule is Cc1cc2c3c(c1)N(c1cccc(-c4ccc(C(C)(C)C)cc4)c1)C1c4ccccc4OC1B3c1ccc(N(c3ccc(C(C)(C)C)cc3)c3ccc(C(C)(C)C)cc3)cc1N2c1ccccc1. The lowest BCUT2D eigenvalue weighted by Gasteiger charge is -2.48. The number of hydrogen-bond acceptors (Lipinski definition) is 4. The van der Waals surface area contributed by atoms with Crippen molar-refractivity contribution in [1.82, 2.24) is 0 Å². The quantitative estimate of drug-likeness (QED) is 0.155. The number of para-hydroxylation sites is 2. The van der Waals surface area contributed by atoms with Crippen LogP contribution < -0.4 is 30.4 Å². The molecule has 0 spiro atoms. The number of hydrogen-bond donors (Lipinski definition) is 0. The molecule has 0 saturated heterocycles. The second kappa shape index (κ2) is 16.1. The van der Waals surface area contributed by atoms with Gasteiger partial charge in [0, 0.05) is 51.1 Å². The largest absolute Gasteiger partial charge is 0.495 e. The van der Waals surface area contributed by atoms with Crippen LogP contribution in [-0.4, -0.2) is 12.7 Å². The minimum Gasteiger partial charge on any atom is -0.495 e. The van der Waals surface area contributed by atoms with E-state index in [0.29, 0.717) is 0 Å². The lowest BCUT2D eigenvalue weighted by Crippen LogP contribution is -2.65. The van der Waals surface area contributed by atoms with Crippen molar-refractivity contribution in [2.24, 2.45) is 0 Å². The zero-order valence-electron chi connectivity index (χ0n) is 41.3. The smallest absolute Gasteiger partial charge is 0.267 e. The Labute approximate surface area is 405 Å². The van der Waals surface area contributed by atoms with Crippen LogP contribution >= 0.6 is 0 Å². The van der Waals surface area contributed by atoms with E-state index in [9.17, 15) is 0 Å². The first kappa shape index (κ1) is 43.6. The number of anilines is 8. The summed E-state index contributed by atoms with van der Waals surface area (Å²) in [6, 6.07) is 68.0. The van der Waals surface area contributed by atoms with Crippen molar-refractivity contribution in [2.45, 2.75) is 97.5 Å². The molecular formula is C63H62BN3O. The van der Waals surface area contributed by atoms with Gasteiger partial charge in [-0.05, 0) is 146 Å². The number of fused-ring (bicyclic) bond motifs is 6. The number of nitrogens with zero attached hydrogens (tertiary/aromatic N) is 3. The van der Waals surface area contributed by atoms with Crippen molar-refractivity contribution < 1.29 is 4.74 Å². The first-order chi connectivity index (χ1) is 32.5. The number of rotatable bonds is 6. The third-order valence-corrected chi connectivity index (χ3v) is 14.6. The van der Waals surface area contributed by atoms with E-state index in [-0.39, 0.29) is 35.0 Å². The average molecular weight is 888 g/mol. The molecule has 3 heterocycles. The molecule has 5 heteroatoms.